The first kappa shape index (κ1) is 12.0. The van der Waals surface area contributed by atoms with Crippen molar-refractivity contribution in [2.45, 2.75) is 13.5 Å². The van der Waals surface area contributed by atoms with Crippen LogP contribution in [-0.4, -0.2) is 30.0 Å². The van der Waals surface area contributed by atoms with Crippen molar-refractivity contribution >= 4 is 22.1 Å². The van der Waals surface area contributed by atoms with Gasteiger partial charge in [-0.25, -0.2) is 4.68 Å². The van der Waals surface area contributed by atoms with E-state index in [0.29, 0.717) is 6.73 Å². The van der Waals surface area contributed by atoms with Gasteiger partial charge in [0.05, 0.1) is 5.52 Å². The van der Waals surface area contributed by atoms with Crippen LogP contribution >= 0.6 is 0 Å². The van der Waals surface area contributed by atoms with E-state index in [9.17, 15) is 0 Å². The highest BCUT2D eigenvalue weighted by atomic mass is 16.5. The standard InChI is InChI=1S/C14H12N6O/c1-2-6-12-11(5-1)16-20(17-12)10-21-9-19-14-8-4-3-7-13(14)15-18-19/h1-8H,9-10H2. The molecule has 0 bridgehead atoms. The summed E-state index contributed by atoms with van der Waals surface area (Å²) in [6.07, 6.45) is 0. The van der Waals surface area contributed by atoms with Gasteiger partial charge in [0.1, 0.15) is 23.3 Å². The molecular weight excluding hydrogens is 268 g/mol. The molecule has 4 rings (SSSR count). The number of hydrogen-bond donors (Lipinski definition) is 0. The van der Waals surface area contributed by atoms with Gasteiger partial charge in [-0.3, -0.25) is 0 Å². The smallest absolute Gasteiger partial charge is 0.161 e. The van der Waals surface area contributed by atoms with Crippen LogP contribution < -0.4 is 0 Å². The van der Waals surface area contributed by atoms with Gasteiger partial charge in [0.2, 0.25) is 0 Å². The minimum Gasteiger partial charge on any atom is -0.335 e. The molecule has 0 saturated heterocycles. The number of ether oxygens (including phenoxy) is 1. The SMILES string of the molecule is c1ccc2nn(COCn3nnc4ccccc43)nc2c1. The van der Waals surface area contributed by atoms with Crippen molar-refractivity contribution in [1.29, 1.82) is 0 Å². The second kappa shape index (κ2) is 4.95. The highest BCUT2D eigenvalue weighted by molar-refractivity contribution is 5.74. The van der Waals surface area contributed by atoms with Crippen LogP contribution in [0.5, 0.6) is 0 Å². The van der Waals surface area contributed by atoms with Gasteiger partial charge >= 0.3 is 0 Å². The summed E-state index contributed by atoms with van der Waals surface area (Å²) in [7, 11) is 0. The average Bonchev–Trinajstić information content (AvgIpc) is 3.11. The van der Waals surface area contributed by atoms with Crippen LogP contribution in [0.1, 0.15) is 0 Å². The molecule has 0 aliphatic carbocycles. The van der Waals surface area contributed by atoms with Crippen molar-refractivity contribution in [3.8, 4) is 0 Å². The molecule has 2 aromatic heterocycles. The zero-order chi connectivity index (χ0) is 14.1. The Balaban J connectivity index is 1.47. The van der Waals surface area contributed by atoms with Gasteiger partial charge in [-0.05, 0) is 24.3 Å². The number of rotatable bonds is 4. The molecule has 0 N–H and O–H groups in total. The Labute approximate surface area is 119 Å². The summed E-state index contributed by atoms with van der Waals surface area (Å²) < 4.78 is 7.31. The van der Waals surface area contributed by atoms with E-state index >= 15 is 0 Å². The van der Waals surface area contributed by atoms with Gasteiger partial charge in [0, 0.05) is 0 Å². The molecule has 4 aromatic rings. The summed E-state index contributed by atoms with van der Waals surface area (Å²) in [5.74, 6) is 0. The summed E-state index contributed by atoms with van der Waals surface area (Å²) >= 11 is 0. The first-order valence-corrected chi connectivity index (χ1v) is 6.56. The van der Waals surface area contributed by atoms with Crippen LogP contribution in [0.2, 0.25) is 0 Å². The third-order valence-electron chi connectivity index (χ3n) is 3.17. The topological polar surface area (TPSA) is 70.7 Å². The molecule has 7 nitrogen and oxygen atoms in total. The summed E-state index contributed by atoms with van der Waals surface area (Å²) in [4.78, 5) is 1.53. The molecule has 0 saturated carbocycles. The fourth-order valence-corrected chi connectivity index (χ4v) is 2.18. The Morgan fingerprint density at radius 2 is 1.48 bits per heavy atom. The Bertz CT molecular complexity index is 863. The van der Waals surface area contributed by atoms with Crippen molar-refractivity contribution < 1.29 is 4.74 Å². The van der Waals surface area contributed by atoms with E-state index in [1.165, 1.54) is 4.80 Å². The minimum atomic E-state index is 0.267. The maximum absolute atomic E-state index is 5.60. The molecule has 0 atom stereocenters. The zero-order valence-corrected chi connectivity index (χ0v) is 11.1. The number of benzene rings is 2. The van der Waals surface area contributed by atoms with Crippen LogP contribution in [0.3, 0.4) is 0 Å². The fourth-order valence-electron chi connectivity index (χ4n) is 2.18. The van der Waals surface area contributed by atoms with E-state index in [2.05, 4.69) is 20.5 Å². The van der Waals surface area contributed by atoms with Crippen molar-refractivity contribution in [3.63, 3.8) is 0 Å². The van der Waals surface area contributed by atoms with Crippen LogP contribution in [0, 0.1) is 0 Å². The van der Waals surface area contributed by atoms with Crippen molar-refractivity contribution in [1.82, 2.24) is 30.0 Å². The van der Waals surface area contributed by atoms with E-state index in [-0.39, 0.29) is 6.73 Å². The number of nitrogens with zero attached hydrogens (tertiary/aromatic N) is 6. The van der Waals surface area contributed by atoms with Crippen molar-refractivity contribution in [2.24, 2.45) is 0 Å². The normalized spacial score (nSPS) is 11.4. The van der Waals surface area contributed by atoms with Gasteiger partial charge in [-0.15, -0.1) is 5.10 Å². The molecule has 0 spiro atoms. The molecule has 0 radical (unpaired) electrons. The lowest BCUT2D eigenvalue weighted by atomic mass is 10.3. The third-order valence-corrected chi connectivity index (χ3v) is 3.17. The lowest BCUT2D eigenvalue weighted by Crippen LogP contribution is -2.10. The van der Waals surface area contributed by atoms with E-state index < -0.39 is 0 Å². The van der Waals surface area contributed by atoms with Gasteiger partial charge in [-0.1, -0.05) is 29.5 Å². The lowest BCUT2D eigenvalue weighted by Gasteiger charge is -2.03. The van der Waals surface area contributed by atoms with Crippen molar-refractivity contribution in [2.75, 3.05) is 0 Å². The molecule has 7 heteroatoms. The lowest BCUT2D eigenvalue weighted by molar-refractivity contribution is 0.00925. The molecule has 2 aromatic carbocycles. The Kier molecular flexibility index (Phi) is 2.82. The Hall–Kier alpha value is -2.80. The number of para-hydroxylation sites is 1. The van der Waals surface area contributed by atoms with Crippen LogP contribution in [0.25, 0.3) is 22.1 Å². The highest BCUT2D eigenvalue weighted by Crippen LogP contribution is 2.10. The predicted molar refractivity (Wildman–Crippen MR) is 76.1 cm³/mol. The monoisotopic (exact) mass is 280 g/mol. The summed E-state index contributed by atoms with van der Waals surface area (Å²) in [5.41, 5.74) is 3.50. The third kappa shape index (κ3) is 2.23. The molecular formula is C14H12N6O. The van der Waals surface area contributed by atoms with Crippen LogP contribution in [-0.2, 0) is 18.2 Å². The molecule has 104 valence electrons. The van der Waals surface area contributed by atoms with Gasteiger partial charge in [0.15, 0.2) is 6.73 Å². The quantitative estimate of drug-likeness (QED) is 0.570. The van der Waals surface area contributed by atoms with Gasteiger partial charge in [0.25, 0.3) is 0 Å². The van der Waals surface area contributed by atoms with E-state index in [0.717, 1.165) is 22.1 Å². The van der Waals surface area contributed by atoms with Crippen LogP contribution in [0.4, 0.5) is 0 Å². The van der Waals surface area contributed by atoms with E-state index in [4.69, 9.17) is 4.74 Å². The van der Waals surface area contributed by atoms with Crippen molar-refractivity contribution in [3.05, 3.63) is 48.5 Å². The molecule has 0 aliphatic heterocycles. The molecule has 0 unspecified atom stereocenters. The summed E-state index contributed by atoms with van der Waals surface area (Å²) in [6, 6.07) is 15.5. The molecule has 0 amide bonds. The minimum absolute atomic E-state index is 0.267. The van der Waals surface area contributed by atoms with Crippen LogP contribution in [0.15, 0.2) is 48.5 Å². The van der Waals surface area contributed by atoms with E-state index in [1.54, 1.807) is 4.68 Å². The number of aromatic nitrogens is 6. The molecule has 21 heavy (non-hydrogen) atoms. The van der Waals surface area contributed by atoms with Gasteiger partial charge < -0.3 is 4.74 Å². The maximum atomic E-state index is 5.60. The Morgan fingerprint density at radius 3 is 2.24 bits per heavy atom. The second-order valence-electron chi connectivity index (χ2n) is 4.60. The first-order valence-electron chi connectivity index (χ1n) is 6.56. The fraction of sp³-hybridized carbons (Fsp3) is 0.143. The number of hydrogen-bond acceptors (Lipinski definition) is 5. The maximum Gasteiger partial charge on any atom is 0.161 e. The summed E-state index contributed by atoms with van der Waals surface area (Å²) in [6.45, 7) is 0.571. The average molecular weight is 280 g/mol. The van der Waals surface area contributed by atoms with E-state index in [1.807, 2.05) is 48.5 Å². The zero-order valence-electron chi connectivity index (χ0n) is 11.1. The highest BCUT2D eigenvalue weighted by Gasteiger charge is 2.04. The first-order chi connectivity index (χ1) is 10.4. The van der Waals surface area contributed by atoms with Gasteiger partial charge in [-0.2, -0.15) is 15.0 Å². The second-order valence-corrected chi connectivity index (χ2v) is 4.60. The molecule has 0 aliphatic rings. The summed E-state index contributed by atoms with van der Waals surface area (Å²) in [5, 5.41) is 16.8. The largest absolute Gasteiger partial charge is 0.335 e. The molecule has 2 heterocycles. The molecule has 0 fully saturated rings. The Morgan fingerprint density at radius 1 is 0.810 bits per heavy atom. The predicted octanol–water partition coefficient (Wildman–Crippen LogP) is 1.81. The number of fused-ring (bicyclic) bond motifs is 2.